The van der Waals surface area contributed by atoms with E-state index in [-0.39, 0.29) is 10.7 Å². The Morgan fingerprint density at radius 1 is 1.05 bits per heavy atom. The number of hydrogen-bond donors (Lipinski definition) is 0. The zero-order valence-electron chi connectivity index (χ0n) is 12.0. The minimum Gasteiger partial charge on any atom is -0.224 e. The number of alkyl halides is 1. The number of sulfone groups is 1. The minimum absolute atomic E-state index is 0.223. The number of aryl methyl sites for hydroxylation is 2. The van der Waals surface area contributed by atoms with Gasteiger partial charge >= 0.3 is 0 Å². The van der Waals surface area contributed by atoms with Crippen molar-refractivity contribution in [1.82, 2.24) is 0 Å². The molecule has 5 heteroatoms. The molecule has 0 fully saturated rings. The Balaban J connectivity index is 2.48. The van der Waals surface area contributed by atoms with Crippen molar-refractivity contribution in [3.63, 3.8) is 0 Å². The van der Waals surface area contributed by atoms with Gasteiger partial charge in [0.25, 0.3) is 0 Å². The van der Waals surface area contributed by atoms with Crippen molar-refractivity contribution in [2.24, 2.45) is 0 Å². The van der Waals surface area contributed by atoms with E-state index in [9.17, 15) is 12.8 Å². The van der Waals surface area contributed by atoms with Crippen molar-refractivity contribution in [2.75, 3.05) is 6.26 Å². The Bertz CT molecular complexity index is 762. The standard InChI is InChI=1S/C16H16ClFO2S/c1-10-7-13(8-11(2)16(10)18)15(17)12-5-4-6-14(9-12)21(3,19)20/h4-9,15H,1-3H3. The molecular formula is C16H16ClFO2S. The summed E-state index contributed by atoms with van der Waals surface area (Å²) in [6.07, 6.45) is 1.15. The molecule has 2 rings (SSSR count). The van der Waals surface area contributed by atoms with Crippen LogP contribution in [0.15, 0.2) is 41.3 Å². The summed E-state index contributed by atoms with van der Waals surface area (Å²) < 4.78 is 36.9. The van der Waals surface area contributed by atoms with Gasteiger partial charge in [-0.25, -0.2) is 12.8 Å². The lowest BCUT2D eigenvalue weighted by atomic mass is 10.00. The molecule has 2 aromatic rings. The van der Waals surface area contributed by atoms with E-state index < -0.39 is 15.2 Å². The van der Waals surface area contributed by atoms with Gasteiger partial charge in [-0.1, -0.05) is 24.3 Å². The van der Waals surface area contributed by atoms with Crippen LogP contribution in [0.2, 0.25) is 0 Å². The molecule has 0 aromatic heterocycles. The SMILES string of the molecule is Cc1cc(C(Cl)c2cccc(S(C)(=O)=O)c2)cc(C)c1F. The third-order valence-corrected chi connectivity index (χ3v) is 4.94. The number of benzene rings is 2. The molecule has 0 N–H and O–H groups in total. The molecule has 0 radical (unpaired) electrons. The van der Waals surface area contributed by atoms with E-state index in [4.69, 9.17) is 11.6 Å². The topological polar surface area (TPSA) is 34.1 Å². The quantitative estimate of drug-likeness (QED) is 0.793. The molecular weight excluding hydrogens is 311 g/mol. The molecule has 1 atom stereocenters. The van der Waals surface area contributed by atoms with Crippen LogP contribution >= 0.6 is 11.6 Å². The first kappa shape index (κ1) is 16.0. The molecule has 0 heterocycles. The first-order valence-electron chi connectivity index (χ1n) is 6.41. The van der Waals surface area contributed by atoms with Crippen molar-refractivity contribution >= 4 is 21.4 Å². The van der Waals surface area contributed by atoms with Crippen LogP contribution in [-0.4, -0.2) is 14.7 Å². The third-order valence-electron chi connectivity index (χ3n) is 3.33. The molecule has 0 aliphatic rings. The van der Waals surface area contributed by atoms with Crippen LogP contribution in [0, 0.1) is 19.7 Å². The first-order chi connectivity index (χ1) is 9.70. The third kappa shape index (κ3) is 3.44. The van der Waals surface area contributed by atoms with Gasteiger partial charge < -0.3 is 0 Å². The molecule has 0 amide bonds. The molecule has 1 unspecified atom stereocenters. The number of rotatable bonds is 3. The smallest absolute Gasteiger partial charge is 0.175 e. The highest BCUT2D eigenvalue weighted by atomic mass is 35.5. The summed E-state index contributed by atoms with van der Waals surface area (Å²) >= 11 is 6.43. The summed E-state index contributed by atoms with van der Waals surface area (Å²) in [6.45, 7) is 3.37. The minimum atomic E-state index is -3.28. The van der Waals surface area contributed by atoms with E-state index in [0.717, 1.165) is 11.8 Å². The monoisotopic (exact) mass is 326 g/mol. The summed E-state index contributed by atoms with van der Waals surface area (Å²) in [5.74, 6) is -0.243. The van der Waals surface area contributed by atoms with E-state index in [0.29, 0.717) is 16.7 Å². The van der Waals surface area contributed by atoms with Gasteiger partial charge in [0, 0.05) is 6.26 Å². The summed E-state index contributed by atoms with van der Waals surface area (Å²) in [5, 5.41) is -0.523. The van der Waals surface area contributed by atoms with Gasteiger partial charge in [-0.2, -0.15) is 0 Å². The van der Waals surface area contributed by atoms with E-state index in [1.165, 1.54) is 6.07 Å². The fourth-order valence-corrected chi connectivity index (χ4v) is 3.16. The lowest BCUT2D eigenvalue weighted by Gasteiger charge is -2.14. The second-order valence-electron chi connectivity index (χ2n) is 5.18. The maximum atomic E-state index is 13.7. The second-order valence-corrected chi connectivity index (χ2v) is 7.63. The molecule has 21 heavy (non-hydrogen) atoms. The average molecular weight is 327 g/mol. The van der Waals surface area contributed by atoms with Crippen LogP contribution in [0.25, 0.3) is 0 Å². The van der Waals surface area contributed by atoms with E-state index in [1.54, 1.807) is 44.2 Å². The lowest BCUT2D eigenvalue weighted by molar-refractivity contribution is 0.601. The Hall–Kier alpha value is -1.39. The Morgan fingerprint density at radius 2 is 1.62 bits per heavy atom. The van der Waals surface area contributed by atoms with Crippen LogP contribution in [0.5, 0.6) is 0 Å². The van der Waals surface area contributed by atoms with Gasteiger partial charge in [0.2, 0.25) is 0 Å². The van der Waals surface area contributed by atoms with Gasteiger partial charge in [-0.3, -0.25) is 0 Å². The Kier molecular flexibility index (Phi) is 4.40. The largest absolute Gasteiger partial charge is 0.224 e. The summed E-state index contributed by atoms with van der Waals surface area (Å²) in [6, 6.07) is 9.88. The Morgan fingerprint density at radius 3 is 2.14 bits per heavy atom. The van der Waals surface area contributed by atoms with E-state index in [1.807, 2.05) is 0 Å². The van der Waals surface area contributed by atoms with Crippen LogP contribution in [0.1, 0.15) is 27.6 Å². The second kappa shape index (κ2) is 5.78. The predicted octanol–water partition coefficient (Wildman–Crippen LogP) is 4.17. The molecule has 0 aliphatic carbocycles. The summed E-state index contributed by atoms with van der Waals surface area (Å²) in [7, 11) is -3.28. The fourth-order valence-electron chi connectivity index (χ4n) is 2.22. The van der Waals surface area contributed by atoms with Gasteiger partial charge in [0.15, 0.2) is 9.84 Å². The molecule has 2 nitrogen and oxygen atoms in total. The maximum Gasteiger partial charge on any atom is 0.175 e. The van der Waals surface area contributed by atoms with Crippen molar-refractivity contribution in [2.45, 2.75) is 24.1 Å². The highest BCUT2D eigenvalue weighted by molar-refractivity contribution is 7.90. The van der Waals surface area contributed by atoms with Gasteiger partial charge in [0.05, 0.1) is 10.3 Å². The zero-order chi connectivity index (χ0) is 15.8. The van der Waals surface area contributed by atoms with Crippen molar-refractivity contribution in [3.8, 4) is 0 Å². The first-order valence-corrected chi connectivity index (χ1v) is 8.73. The van der Waals surface area contributed by atoms with E-state index >= 15 is 0 Å². The fraction of sp³-hybridized carbons (Fsp3) is 0.250. The maximum absolute atomic E-state index is 13.7. The number of hydrogen-bond acceptors (Lipinski definition) is 2. The van der Waals surface area contributed by atoms with Crippen LogP contribution in [0.4, 0.5) is 4.39 Å². The molecule has 2 aromatic carbocycles. The predicted molar refractivity (Wildman–Crippen MR) is 83.1 cm³/mol. The highest BCUT2D eigenvalue weighted by Crippen LogP contribution is 2.32. The van der Waals surface area contributed by atoms with E-state index in [2.05, 4.69) is 0 Å². The van der Waals surface area contributed by atoms with Crippen molar-refractivity contribution < 1.29 is 12.8 Å². The van der Waals surface area contributed by atoms with Crippen molar-refractivity contribution in [1.29, 1.82) is 0 Å². The molecule has 0 bridgehead atoms. The molecule has 0 saturated carbocycles. The Labute approximate surface area is 129 Å². The summed E-state index contributed by atoms with van der Waals surface area (Å²) in [4.78, 5) is 0.223. The van der Waals surface area contributed by atoms with Crippen LogP contribution < -0.4 is 0 Å². The molecule has 112 valence electrons. The van der Waals surface area contributed by atoms with Gasteiger partial charge in [0.1, 0.15) is 5.82 Å². The lowest BCUT2D eigenvalue weighted by Crippen LogP contribution is -2.01. The molecule has 0 aliphatic heterocycles. The van der Waals surface area contributed by atoms with Gasteiger partial charge in [-0.15, -0.1) is 11.6 Å². The van der Waals surface area contributed by atoms with Gasteiger partial charge in [-0.05, 0) is 48.2 Å². The number of halogens is 2. The molecule has 0 spiro atoms. The van der Waals surface area contributed by atoms with Crippen molar-refractivity contribution in [3.05, 3.63) is 64.5 Å². The van der Waals surface area contributed by atoms with Crippen LogP contribution in [-0.2, 0) is 9.84 Å². The zero-order valence-corrected chi connectivity index (χ0v) is 13.6. The normalized spacial score (nSPS) is 13.2. The average Bonchev–Trinajstić information content (AvgIpc) is 2.42. The summed E-state index contributed by atoms with van der Waals surface area (Å²) in [5.41, 5.74) is 2.47. The van der Waals surface area contributed by atoms with Crippen LogP contribution in [0.3, 0.4) is 0 Å². The molecule has 0 saturated heterocycles. The highest BCUT2D eigenvalue weighted by Gasteiger charge is 2.16.